The number of nitrogens with zero attached hydrogens (tertiary/aromatic N) is 1. The summed E-state index contributed by atoms with van der Waals surface area (Å²) in [5, 5.41) is 0. The molecule has 0 saturated heterocycles. The number of anilines is 2. The quantitative estimate of drug-likeness (QED) is 0.847. The lowest BCUT2D eigenvalue weighted by Gasteiger charge is -2.26. The first-order valence-corrected chi connectivity index (χ1v) is 7.39. The van der Waals surface area contributed by atoms with E-state index < -0.39 is 0 Å². The van der Waals surface area contributed by atoms with Crippen LogP contribution in [-0.4, -0.2) is 12.5 Å². The molecular formula is C18H22N2O. The van der Waals surface area contributed by atoms with Gasteiger partial charge in [0.2, 0.25) is 5.91 Å². The van der Waals surface area contributed by atoms with E-state index >= 15 is 0 Å². The Balaban J connectivity index is 2.28. The van der Waals surface area contributed by atoms with Gasteiger partial charge in [-0.25, -0.2) is 0 Å². The number of nitrogens with two attached hydrogens (primary N) is 1. The van der Waals surface area contributed by atoms with Gasteiger partial charge >= 0.3 is 0 Å². The number of rotatable bonds is 5. The Bertz CT molecular complexity index is 578. The molecule has 1 atom stereocenters. The highest BCUT2D eigenvalue weighted by Gasteiger charge is 2.24. The maximum atomic E-state index is 12.9. The molecule has 21 heavy (non-hydrogen) atoms. The predicted molar refractivity (Wildman–Crippen MR) is 88.4 cm³/mol. The summed E-state index contributed by atoms with van der Waals surface area (Å²) < 4.78 is 0. The van der Waals surface area contributed by atoms with Gasteiger partial charge in [-0.15, -0.1) is 0 Å². The smallest absolute Gasteiger partial charge is 0.234 e. The molecule has 2 aromatic carbocycles. The van der Waals surface area contributed by atoms with Crippen LogP contribution in [0.3, 0.4) is 0 Å². The molecule has 0 fully saturated rings. The maximum absolute atomic E-state index is 12.9. The molecule has 0 heterocycles. The monoisotopic (exact) mass is 282 g/mol. The lowest BCUT2D eigenvalue weighted by molar-refractivity contribution is -0.120. The second kappa shape index (κ2) is 6.93. The first-order chi connectivity index (χ1) is 10.2. The van der Waals surface area contributed by atoms with E-state index in [0.29, 0.717) is 12.2 Å². The SMILES string of the molecule is CCC(C(=O)N(CC)c1ccc(N)cc1)c1ccccc1. The van der Waals surface area contributed by atoms with Gasteiger partial charge in [-0.1, -0.05) is 37.3 Å². The zero-order valence-corrected chi connectivity index (χ0v) is 12.6. The van der Waals surface area contributed by atoms with E-state index in [1.165, 1.54) is 0 Å². The Labute approximate surface area is 126 Å². The molecule has 0 aromatic heterocycles. The molecule has 2 aromatic rings. The predicted octanol–water partition coefficient (Wildman–Crippen LogP) is 3.82. The normalized spacial score (nSPS) is 11.9. The molecule has 2 rings (SSSR count). The van der Waals surface area contributed by atoms with Crippen LogP contribution in [0.15, 0.2) is 54.6 Å². The van der Waals surface area contributed by atoms with Crippen molar-refractivity contribution in [3.8, 4) is 0 Å². The third-order valence-electron chi connectivity index (χ3n) is 3.70. The van der Waals surface area contributed by atoms with Crippen LogP contribution in [0.2, 0.25) is 0 Å². The number of carbonyl (C=O) groups is 1. The van der Waals surface area contributed by atoms with Gasteiger partial charge in [0, 0.05) is 17.9 Å². The Morgan fingerprint density at radius 1 is 1.05 bits per heavy atom. The van der Waals surface area contributed by atoms with Crippen molar-refractivity contribution < 1.29 is 4.79 Å². The van der Waals surface area contributed by atoms with Gasteiger partial charge < -0.3 is 10.6 Å². The summed E-state index contributed by atoms with van der Waals surface area (Å²) >= 11 is 0. The Kier molecular flexibility index (Phi) is 4.99. The molecule has 0 radical (unpaired) electrons. The van der Waals surface area contributed by atoms with Crippen molar-refractivity contribution in [2.45, 2.75) is 26.2 Å². The Hall–Kier alpha value is -2.29. The van der Waals surface area contributed by atoms with E-state index in [1.54, 1.807) is 0 Å². The molecule has 0 spiro atoms. The minimum atomic E-state index is -0.108. The van der Waals surface area contributed by atoms with E-state index in [1.807, 2.05) is 73.3 Å². The van der Waals surface area contributed by atoms with Crippen molar-refractivity contribution in [1.82, 2.24) is 0 Å². The van der Waals surface area contributed by atoms with Crippen LogP contribution >= 0.6 is 0 Å². The second-order valence-corrected chi connectivity index (χ2v) is 5.05. The van der Waals surface area contributed by atoms with Gasteiger partial charge in [-0.3, -0.25) is 4.79 Å². The van der Waals surface area contributed by atoms with Crippen LogP contribution in [0.4, 0.5) is 11.4 Å². The van der Waals surface area contributed by atoms with E-state index in [0.717, 1.165) is 17.7 Å². The summed E-state index contributed by atoms with van der Waals surface area (Å²) in [4.78, 5) is 14.7. The standard InChI is InChI=1S/C18H22N2O/c1-3-17(14-8-6-5-7-9-14)18(21)20(4-2)16-12-10-15(19)11-13-16/h5-13,17H,3-4,19H2,1-2H3. The minimum absolute atomic E-state index is 0.108. The number of hydrogen-bond donors (Lipinski definition) is 1. The van der Waals surface area contributed by atoms with Gasteiger partial charge in [0.15, 0.2) is 0 Å². The lowest BCUT2D eigenvalue weighted by Crippen LogP contribution is -2.35. The third-order valence-corrected chi connectivity index (χ3v) is 3.70. The molecule has 3 heteroatoms. The molecule has 0 saturated carbocycles. The highest BCUT2D eigenvalue weighted by molar-refractivity contribution is 5.98. The van der Waals surface area contributed by atoms with Crippen LogP contribution in [0.1, 0.15) is 31.7 Å². The Morgan fingerprint density at radius 3 is 2.19 bits per heavy atom. The lowest BCUT2D eigenvalue weighted by atomic mass is 9.95. The number of benzene rings is 2. The van der Waals surface area contributed by atoms with Gasteiger partial charge in [0.25, 0.3) is 0 Å². The minimum Gasteiger partial charge on any atom is -0.399 e. The van der Waals surface area contributed by atoms with Gasteiger partial charge in [-0.2, -0.15) is 0 Å². The van der Waals surface area contributed by atoms with Gasteiger partial charge in [0.1, 0.15) is 0 Å². The highest BCUT2D eigenvalue weighted by atomic mass is 16.2. The first kappa shape index (κ1) is 15.1. The fraction of sp³-hybridized carbons (Fsp3) is 0.278. The van der Waals surface area contributed by atoms with Crippen LogP contribution in [0.5, 0.6) is 0 Å². The number of amides is 1. The van der Waals surface area contributed by atoms with Gasteiger partial charge in [-0.05, 0) is 43.2 Å². The molecule has 0 aliphatic heterocycles. The zero-order valence-electron chi connectivity index (χ0n) is 12.6. The number of carbonyl (C=O) groups excluding carboxylic acids is 1. The van der Waals surface area contributed by atoms with Gasteiger partial charge in [0.05, 0.1) is 5.92 Å². The van der Waals surface area contributed by atoms with E-state index in [2.05, 4.69) is 0 Å². The van der Waals surface area contributed by atoms with Crippen molar-refractivity contribution in [1.29, 1.82) is 0 Å². The van der Waals surface area contributed by atoms with E-state index in [9.17, 15) is 4.79 Å². The number of hydrogen-bond acceptors (Lipinski definition) is 2. The summed E-state index contributed by atoms with van der Waals surface area (Å²) in [6.45, 7) is 4.68. The number of nitrogen functional groups attached to an aromatic ring is 1. The largest absolute Gasteiger partial charge is 0.399 e. The van der Waals surface area contributed by atoms with Crippen molar-refractivity contribution >= 4 is 17.3 Å². The van der Waals surface area contributed by atoms with Crippen LogP contribution < -0.4 is 10.6 Å². The van der Waals surface area contributed by atoms with Crippen LogP contribution in [-0.2, 0) is 4.79 Å². The average molecular weight is 282 g/mol. The molecule has 3 nitrogen and oxygen atoms in total. The van der Waals surface area contributed by atoms with E-state index in [-0.39, 0.29) is 11.8 Å². The number of likely N-dealkylation sites (N-methyl/N-ethyl adjacent to an activating group) is 1. The molecular weight excluding hydrogens is 260 g/mol. The summed E-state index contributed by atoms with van der Waals surface area (Å²) in [6.07, 6.45) is 0.786. The zero-order chi connectivity index (χ0) is 15.2. The van der Waals surface area contributed by atoms with Crippen molar-refractivity contribution in [3.05, 3.63) is 60.2 Å². The summed E-state index contributed by atoms with van der Waals surface area (Å²) in [5.41, 5.74) is 8.39. The Morgan fingerprint density at radius 2 is 1.67 bits per heavy atom. The van der Waals surface area contributed by atoms with Crippen molar-refractivity contribution in [3.63, 3.8) is 0 Å². The topological polar surface area (TPSA) is 46.3 Å². The third kappa shape index (κ3) is 3.43. The van der Waals surface area contributed by atoms with Crippen molar-refractivity contribution in [2.24, 2.45) is 0 Å². The second-order valence-electron chi connectivity index (χ2n) is 5.05. The summed E-state index contributed by atoms with van der Waals surface area (Å²) in [6, 6.07) is 17.4. The molecule has 1 unspecified atom stereocenters. The van der Waals surface area contributed by atoms with E-state index in [4.69, 9.17) is 5.73 Å². The maximum Gasteiger partial charge on any atom is 0.234 e. The fourth-order valence-electron chi connectivity index (χ4n) is 2.55. The summed E-state index contributed by atoms with van der Waals surface area (Å²) in [7, 11) is 0. The van der Waals surface area contributed by atoms with Crippen molar-refractivity contribution in [2.75, 3.05) is 17.2 Å². The molecule has 0 aliphatic rings. The highest BCUT2D eigenvalue weighted by Crippen LogP contribution is 2.25. The van der Waals surface area contributed by atoms with Crippen LogP contribution in [0, 0.1) is 0 Å². The summed E-state index contributed by atoms with van der Waals surface area (Å²) in [5.74, 6) is 0.0275. The molecule has 2 N–H and O–H groups in total. The molecule has 0 aliphatic carbocycles. The molecule has 1 amide bonds. The average Bonchev–Trinajstić information content (AvgIpc) is 2.52. The fourth-order valence-corrected chi connectivity index (χ4v) is 2.55. The molecule has 110 valence electrons. The van der Waals surface area contributed by atoms with Crippen LogP contribution in [0.25, 0.3) is 0 Å². The molecule has 0 bridgehead atoms. The first-order valence-electron chi connectivity index (χ1n) is 7.39.